The summed E-state index contributed by atoms with van der Waals surface area (Å²) in [6.07, 6.45) is 6.42. The lowest BCUT2D eigenvalue weighted by molar-refractivity contribution is 0.271. The largest absolute Gasteiger partial charge is 0.485 e. The van der Waals surface area contributed by atoms with E-state index in [9.17, 15) is 0 Å². The normalized spacial score (nSPS) is 16.9. The molecule has 0 saturated heterocycles. The third-order valence-electron chi connectivity index (χ3n) is 8.52. The standard InChI is InChI=1S/C39H25N3O2/c1-2-10-24(11-3-1)37-40-38(42-39(41-37)27-20-21-30-29-14-4-6-17-32(29)44-35(30)23-27)26-13-8-12-25(22-26)28-16-9-19-34-36(28)31-15-5-7-18-33(31)43-34/h1-23,34,36H. The van der Waals surface area contributed by atoms with Crippen LogP contribution in [0.15, 0.2) is 144 Å². The summed E-state index contributed by atoms with van der Waals surface area (Å²) in [5.41, 5.74) is 7.95. The lowest BCUT2D eigenvalue weighted by Crippen LogP contribution is -2.19. The van der Waals surface area contributed by atoms with Crippen LogP contribution in [0.3, 0.4) is 0 Å². The zero-order valence-electron chi connectivity index (χ0n) is 23.6. The molecular formula is C39H25N3O2. The zero-order valence-corrected chi connectivity index (χ0v) is 23.6. The van der Waals surface area contributed by atoms with E-state index in [-0.39, 0.29) is 12.0 Å². The molecule has 2 aromatic heterocycles. The van der Waals surface area contributed by atoms with E-state index in [1.807, 2.05) is 60.7 Å². The third-order valence-corrected chi connectivity index (χ3v) is 8.52. The second kappa shape index (κ2) is 9.89. The summed E-state index contributed by atoms with van der Waals surface area (Å²) in [4.78, 5) is 14.9. The monoisotopic (exact) mass is 567 g/mol. The number of furan rings is 1. The first-order valence-corrected chi connectivity index (χ1v) is 14.8. The maximum Gasteiger partial charge on any atom is 0.164 e. The smallest absolute Gasteiger partial charge is 0.164 e. The van der Waals surface area contributed by atoms with Crippen LogP contribution in [0.2, 0.25) is 0 Å². The molecule has 2 atom stereocenters. The van der Waals surface area contributed by atoms with Gasteiger partial charge in [0.1, 0.15) is 23.0 Å². The van der Waals surface area contributed by atoms with E-state index in [1.165, 1.54) is 11.1 Å². The van der Waals surface area contributed by atoms with Crippen LogP contribution in [0.5, 0.6) is 5.75 Å². The number of para-hydroxylation sites is 2. The van der Waals surface area contributed by atoms with Gasteiger partial charge in [-0.3, -0.25) is 0 Å². The molecule has 5 nitrogen and oxygen atoms in total. The molecule has 0 amide bonds. The lowest BCUT2D eigenvalue weighted by Gasteiger charge is -2.23. The van der Waals surface area contributed by atoms with Gasteiger partial charge in [0.25, 0.3) is 0 Å². The highest BCUT2D eigenvalue weighted by Crippen LogP contribution is 2.48. The zero-order chi connectivity index (χ0) is 29.0. The number of nitrogens with zero attached hydrogens (tertiary/aromatic N) is 3. The van der Waals surface area contributed by atoms with Crippen molar-refractivity contribution < 1.29 is 9.15 Å². The highest BCUT2D eigenvalue weighted by Gasteiger charge is 2.37. The molecular weight excluding hydrogens is 542 g/mol. The Bertz CT molecular complexity index is 2280. The lowest BCUT2D eigenvalue weighted by atomic mass is 9.81. The van der Waals surface area contributed by atoms with Crippen LogP contribution in [0, 0.1) is 0 Å². The molecule has 5 heteroatoms. The Balaban J connectivity index is 1.17. The minimum absolute atomic E-state index is 0.0160. The molecule has 0 spiro atoms. The summed E-state index contributed by atoms with van der Waals surface area (Å²) in [7, 11) is 0. The molecule has 0 radical (unpaired) electrons. The third kappa shape index (κ3) is 4.05. The Morgan fingerprint density at radius 3 is 2.09 bits per heavy atom. The minimum atomic E-state index is -0.0160. The summed E-state index contributed by atoms with van der Waals surface area (Å²) in [6, 6.07) is 41.1. The average molecular weight is 568 g/mol. The minimum Gasteiger partial charge on any atom is -0.485 e. The van der Waals surface area contributed by atoms with Gasteiger partial charge in [-0.2, -0.15) is 0 Å². The van der Waals surface area contributed by atoms with Crippen molar-refractivity contribution in [1.82, 2.24) is 15.0 Å². The van der Waals surface area contributed by atoms with Gasteiger partial charge in [0, 0.05) is 33.0 Å². The predicted octanol–water partition coefficient (Wildman–Crippen LogP) is 9.27. The van der Waals surface area contributed by atoms with E-state index in [0.29, 0.717) is 17.5 Å². The van der Waals surface area contributed by atoms with Crippen molar-refractivity contribution in [2.75, 3.05) is 0 Å². The van der Waals surface area contributed by atoms with E-state index in [2.05, 4.69) is 78.9 Å². The quantitative estimate of drug-likeness (QED) is 0.212. The first-order valence-electron chi connectivity index (χ1n) is 14.8. The molecule has 9 rings (SSSR count). The summed E-state index contributed by atoms with van der Waals surface area (Å²) in [5, 5.41) is 2.16. The number of hydrogen-bond donors (Lipinski definition) is 0. The fourth-order valence-corrected chi connectivity index (χ4v) is 6.43. The van der Waals surface area contributed by atoms with Crippen molar-refractivity contribution >= 4 is 27.5 Å². The second-order valence-corrected chi connectivity index (χ2v) is 11.2. The predicted molar refractivity (Wildman–Crippen MR) is 174 cm³/mol. The van der Waals surface area contributed by atoms with Gasteiger partial charge in [-0.05, 0) is 47.5 Å². The Labute approximate surface area is 253 Å². The topological polar surface area (TPSA) is 61.0 Å². The Morgan fingerprint density at radius 1 is 0.523 bits per heavy atom. The molecule has 0 N–H and O–H groups in total. The number of benzene rings is 5. The van der Waals surface area contributed by atoms with Crippen LogP contribution in [-0.2, 0) is 0 Å². The highest BCUT2D eigenvalue weighted by molar-refractivity contribution is 6.05. The van der Waals surface area contributed by atoms with E-state index in [4.69, 9.17) is 24.1 Å². The van der Waals surface area contributed by atoms with Gasteiger partial charge >= 0.3 is 0 Å². The molecule has 208 valence electrons. The maximum absolute atomic E-state index is 6.29. The van der Waals surface area contributed by atoms with Crippen molar-refractivity contribution in [3.05, 3.63) is 151 Å². The number of ether oxygens (including phenoxy) is 1. The highest BCUT2D eigenvalue weighted by atomic mass is 16.5. The summed E-state index contributed by atoms with van der Waals surface area (Å²) >= 11 is 0. The summed E-state index contributed by atoms with van der Waals surface area (Å²) in [5.74, 6) is 2.92. The van der Waals surface area contributed by atoms with Gasteiger partial charge in [-0.15, -0.1) is 0 Å². The maximum atomic E-state index is 6.29. The van der Waals surface area contributed by atoms with Crippen molar-refractivity contribution in [1.29, 1.82) is 0 Å². The summed E-state index contributed by atoms with van der Waals surface area (Å²) in [6.45, 7) is 0. The molecule has 1 aliphatic heterocycles. The van der Waals surface area contributed by atoms with Crippen LogP contribution in [0.25, 0.3) is 61.7 Å². The van der Waals surface area contributed by atoms with Gasteiger partial charge in [0.05, 0.1) is 5.92 Å². The van der Waals surface area contributed by atoms with Crippen molar-refractivity contribution in [3.8, 4) is 39.9 Å². The Kier molecular flexibility index (Phi) is 5.56. The Hall–Kier alpha value is -5.81. The van der Waals surface area contributed by atoms with Crippen LogP contribution in [0.1, 0.15) is 17.0 Å². The number of fused-ring (bicyclic) bond motifs is 6. The van der Waals surface area contributed by atoms with E-state index in [0.717, 1.165) is 49.9 Å². The number of aromatic nitrogens is 3. The number of allylic oxidation sites excluding steroid dienone is 2. The average Bonchev–Trinajstić information content (AvgIpc) is 3.66. The van der Waals surface area contributed by atoms with Gasteiger partial charge in [0.2, 0.25) is 0 Å². The van der Waals surface area contributed by atoms with Gasteiger partial charge in [-0.25, -0.2) is 15.0 Å². The van der Waals surface area contributed by atoms with Gasteiger partial charge in [0.15, 0.2) is 17.5 Å². The van der Waals surface area contributed by atoms with Crippen molar-refractivity contribution in [3.63, 3.8) is 0 Å². The van der Waals surface area contributed by atoms with Crippen LogP contribution in [0.4, 0.5) is 0 Å². The molecule has 1 aliphatic carbocycles. The van der Waals surface area contributed by atoms with E-state index < -0.39 is 0 Å². The first-order chi connectivity index (χ1) is 21.8. The molecule has 2 aliphatic rings. The fourth-order valence-electron chi connectivity index (χ4n) is 6.43. The van der Waals surface area contributed by atoms with Crippen LogP contribution >= 0.6 is 0 Å². The molecule has 0 fully saturated rings. The molecule has 3 heterocycles. The Morgan fingerprint density at radius 2 is 1.20 bits per heavy atom. The molecule has 5 aromatic carbocycles. The summed E-state index contributed by atoms with van der Waals surface area (Å²) < 4.78 is 12.5. The number of rotatable bonds is 4. The van der Waals surface area contributed by atoms with Crippen LogP contribution in [-0.4, -0.2) is 21.1 Å². The van der Waals surface area contributed by atoms with E-state index in [1.54, 1.807) is 0 Å². The molecule has 7 aromatic rings. The van der Waals surface area contributed by atoms with Gasteiger partial charge in [-0.1, -0.05) is 103 Å². The SMILES string of the molecule is C1=CC2Oc3ccccc3C2C(c2cccc(-c3nc(-c4ccccc4)nc(-c4ccc5c(c4)oc4ccccc45)n3)c2)=C1. The second-order valence-electron chi connectivity index (χ2n) is 11.2. The van der Waals surface area contributed by atoms with Gasteiger partial charge < -0.3 is 9.15 Å². The molecule has 0 saturated carbocycles. The fraction of sp³-hybridized carbons (Fsp3) is 0.0513. The van der Waals surface area contributed by atoms with Crippen LogP contribution < -0.4 is 4.74 Å². The van der Waals surface area contributed by atoms with Crippen molar-refractivity contribution in [2.45, 2.75) is 12.0 Å². The number of hydrogen-bond acceptors (Lipinski definition) is 5. The molecule has 44 heavy (non-hydrogen) atoms. The molecule has 0 bridgehead atoms. The first kappa shape index (κ1) is 24.8. The van der Waals surface area contributed by atoms with Crippen molar-refractivity contribution in [2.24, 2.45) is 0 Å². The molecule has 2 unspecified atom stereocenters. The van der Waals surface area contributed by atoms with E-state index >= 15 is 0 Å².